The van der Waals surface area contributed by atoms with Crippen molar-refractivity contribution in [1.29, 1.82) is 0 Å². The maximum absolute atomic E-state index is 5.02. The molecule has 2 nitrogen and oxygen atoms in total. The number of para-hydroxylation sites is 2. The van der Waals surface area contributed by atoms with Gasteiger partial charge in [-0.05, 0) is 64.8 Å². The highest BCUT2D eigenvalue weighted by Gasteiger charge is 2.22. The fourth-order valence-electron chi connectivity index (χ4n) is 4.33. The number of hydrogen-bond donors (Lipinski definition) is 0. The molecule has 0 unspecified atom stereocenters. The van der Waals surface area contributed by atoms with Crippen LogP contribution in [0.25, 0.3) is 27.8 Å². The van der Waals surface area contributed by atoms with Gasteiger partial charge in [0.15, 0.2) is 0 Å². The molecular weight excluding hydrogens is 364 g/mol. The Labute approximate surface area is 180 Å². The first kappa shape index (κ1) is 20.4. The highest BCUT2D eigenvalue weighted by molar-refractivity contribution is 5.80. The molecule has 1 aromatic heterocycles. The summed E-state index contributed by atoms with van der Waals surface area (Å²) in [7, 11) is 0. The number of rotatable bonds is 6. The lowest BCUT2D eigenvalue weighted by Crippen LogP contribution is -2.10. The van der Waals surface area contributed by atoms with E-state index in [1.54, 1.807) is 0 Å². The minimum atomic E-state index is 0.414. The Morgan fingerprint density at radius 1 is 0.767 bits per heavy atom. The number of hydrogen-bond acceptors (Lipinski definition) is 1. The highest BCUT2D eigenvalue weighted by Crippen LogP contribution is 2.38. The van der Waals surface area contributed by atoms with Gasteiger partial charge < -0.3 is 0 Å². The van der Waals surface area contributed by atoms with Crippen molar-refractivity contribution in [2.24, 2.45) is 0 Å². The average Bonchev–Trinajstić information content (AvgIpc) is 3.11. The van der Waals surface area contributed by atoms with Gasteiger partial charge in [0.2, 0.25) is 0 Å². The molecule has 0 saturated heterocycles. The fourth-order valence-corrected chi connectivity index (χ4v) is 4.33. The number of imidazole rings is 1. The van der Waals surface area contributed by atoms with E-state index < -0.39 is 0 Å². The molecule has 4 aromatic rings. The van der Waals surface area contributed by atoms with Gasteiger partial charge in [-0.25, -0.2) is 4.98 Å². The molecule has 0 fully saturated rings. The average molecular weight is 397 g/mol. The predicted molar refractivity (Wildman–Crippen MR) is 129 cm³/mol. The summed E-state index contributed by atoms with van der Waals surface area (Å²) in [6, 6.07) is 24.1. The molecule has 0 aliphatic heterocycles. The molecule has 4 rings (SSSR count). The van der Waals surface area contributed by atoms with E-state index in [9.17, 15) is 0 Å². The van der Waals surface area contributed by atoms with E-state index in [0.717, 1.165) is 24.2 Å². The van der Waals surface area contributed by atoms with Gasteiger partial charge in [0.05, 0.1) is 16.7 Å². The number of aromatic nitrogens is 2. The van der Waals surface area contributed by atoms with Gasteiger partial charge in [-0.2, -0.15) is 0 Å². The van der Waals surface area contributed by atoms with Crippen LogP contribution < -0.4 is 0 Å². The van der Waals surface area contributed by atoms with E-state index in [-0.39, 0.29) is 0 Å². The Balaban J connectivity index is 2.08. The molecule has 0 aliphatic rings. The van der Waals surface area contributed by atoms with Crippen LogP contribution in [0.15, 0.2) is 66.7 Å². The Morgan fingerprint density at radius 2 is 1.37 bits per heavy atom. The lowest BCUT2D eigenvalue weighted by molar-refractivity contribution is 0.773. The van der Waals surface area contributed by atoms with Crippen molar-refractivity contribution in [2.75, 3.05) is 0 Å². The molecule has 2 heteroatoms. The molecule has 3 aromatic carbocycles. The van der Waals surface area contributed by atoms with Crippen LogP contribution in [0.5, 0.6) is 0 Å². The lowest BCUT2D eigenvalue weighted by atomic mass is 9.88. The second kappa shape index (κ2) is 8.47. The van der Waals surface area contributed by atoms with Gasteiger partial charge >= 0.3 is 0 Å². The van der Waals surface area contributed by atoms with Crippen LogP contribution in [0.3, 0.4) is 0 Å². The zero-order chi connectivity index (χ0) is 21.3. The summed E-state index contributed by atoms with van der Waals surface area (Å²) in [6.07, 6.45) is 2.06. The molecule has 0 atom stereocenters. The first-order chi connectivity index (χ1) is 14.5. The van der Waals surface area contributed by atoms with E-state index >= 15 is 0 Å². The molecule has 0 radical (unpaired) electrons. The molecule has 0 bridgehead atoms. The third kappa shape index (κ3) is 3.67. The molecule has 1 heterocycles. The normalized spacial score (nSPS) is 11.7. The van der Waals surface area contributed by atoms with Crippen LogP contribution in [0.1, 0.15) is 69.8 Å². The number of benzene rings is 3. The van der Waals surface area contributed by atoms with Crippen molar-refractivity contribution >= 4 is 11.0 Å². The van der Waals surface area contributed by atoms with Crippen LogP contribution >= 0.6 is 0 Å². The van der Waals surface area contributed by atoms with Crippen LogP contribution in [0, 0.1) is 0 Å². The van der Waals surface area contributed by atoms with E-state index in [1.165, 1.54) is 33.5 Å². The molecule has 30 heavy (non-hydrogen) atoms. The standard InChI is InChI=1S/C28H32N2/c1-6-12-27-29-25-15-10-11-16-26(25)30(27)28-23(19(2)3)17-22(18-24(28)20(4)5)21-13-8-7-9-14-21/h7-11,13-20H,6,12H2,1-5H3. The summed E-state index contributed by atoms with van der Waals surface area (Å²) in [4.78, 5) is 5.02. The Kier molecular flexibility index (Phi) is 5.76. The number of aryl methyl sites for hydroxylation is 1. The van der Waals surface area contributed by atoms with Gasteiger partial charge in [0.25, 0.3) is 0 Å². The van der Waals surface area contributed by atoms with E-state index in [0.29, 0.717) is 11.8 Å². The summed E-state index contributed by atoms with van der Waals surface area (Å²) < 4.78 is 2.44. The Hall–Kier alpha value is -2.87. The zero-order valence-corrected chi connectivity index (χ0v) is 18.8. The first-order valence-corrected chi connectivity index (χ1v) is 11.2. The summed E-state index contributed by atoms with van der Waals surface area (Å²) >= 11 is 0. The molecule has 0 aliphatic carbocycles. The van der Waals surface area contributed by atoms with Crippen molar-refractivity contribution in [3.63, 3.8) is 0 Å². The smallest absolute Gasteiger partial charge is 0.114 e. The van der Waals surface area contributed by atoms with Gasteiger partial charge in [-0.15, -0.1) is 0 Å². The van der Waals surface area contributed by atoms with Crippen molar-refractivity contribution in [1.82, 2.24) is 9.55 Å². The molecule has 0 spiro atoms. The van der Waals surface area contributed by atoms with Gasteiger partial charge in [-0.1, -0.05) is 77.1 Å². The Bertz CT molecular complexity index is 1120. The van der Waals surface area contributed by atoms with E-state index in [1.807, 2.05) is 0 Å². The van der Waals surface area contributed by atoms with Gasteiger partial charge in [-0.3, -0.25) is 4.57 Å². The summed E-state index contributed by atoms with van der Waals surface area (Å²) in [6.45, 7) is 11.4. The number of nitrogens with zero attached hydrogens (tertiary/aromatic N) is 2. The van der Waals surface area contributed by atoms with Gasteiger partial charge in [0.1, 0.15) is 5.82 Å². The maximum atomic E-state index is 5.02. The topological polar surface area (TPSA) is 17.8 Å². The third-order valence-corrected chi connectivity index (χ3v) is 5.85. The number of fused-ring (bicyclic) bond motifs is 1. The van der Waals surface area contributed by atoms with Crippen molar-refractivity contribution in [3.8, 4) is 16.8 Å². The van der Waals surface area contributed by atoms with Crippen molar-refractivity contribution < 1.29 is 0 Å². The highest BCUT2D eigenvalue weighted by atomic mass is 15.1. The van der Waals surface area contributed by atoms with E-state index in [2.05, 4.69) is 106 Å². The van der Waals surface area contributed by atoms with E-state index in [4.69, 9.17) is 4.98 Å². The second-order valence-corrected chi connectivity index (χ2v) is 8.78. The monoisotopic (exact) mass is 396 g/mol. The second-order valence-electron chi connectivity index (χ2n) is 8.78. The molecular formula is C28H32N2. The van der Waals surface area contributed by atoms with Crippen molar-refractivity contribution in [3.05, 3.63) is 83.7 Å². The third-order valence-electron chi connectivity index (χ3n) is 5.85. The fraction of sp³-hybridized carbons (Fsp3) is 0.321. The summed E-state index contributed by atoms with van der Waals surface area (Å²) in [5.41, 5.74) is 8.97. The zero-order valence-electron chi connectivity index (χ0n) is 18.8. The lowest BCUT2D eigenvalue weighted by Gasteiger charge is -2.24. The predicted octanol–water partition coefficient (Wildman–Crippen LogP) is 7.89. The van der Waals surface area contributed by atoms with Crippen LogP contribution in [-0.2, 0) is 6.42 Å². The quantitative estimate of drug-likeness (QED) is 0.324. The van der Waals surface area contributed by atoms with Crippen LogP contribution in [0.2, 0.25) is 0 Å². The van der Waals surface area contributed by atoms with Gasteiger partial charge in [0, 0.05) is 6.42 Å². The maximum Gasteiger partial charge on any atom is 0.114 e. The SMILES string of the molecule is CCCc1nc2ccccc2n1-c1c(C(C)C)cc(-c2ccccc2)cc1C(C)C. The molecule has 0 N–H and O–H groups in total. The Morgan fingerprint density at radius 3 is 1.97 bits per heavy atom. The molecule has 0 saturated carbocycles. The summed E-state index contributed by atoms with van der Waals surface area (Å²) in [5, 5.41) is 0. The minimum absolute atomic E-state index is 0.414. The first-order valence-electron chi connectivity index (χ1n) is 11.2. The van der Waals surface area contributed by atoms with Crippen LogP contribution in [0.4, 0.5) is 0 Å². The molecule has 154 valence electrons. The minimum Gasteiger partial charge on any atom is -0.296 e. The van der Waals surface area contributed by atoms with Crippen LogP contribution in [-0.4, -0.2) is 9.55 Å². The molecule has 0 amide bonds. The largest absolute Gasteiger partial charge is 0.296 e. The summed E-state index contributed by atoms with van der Waals surface area (Å²) in [5.74, 6) is 1.99. The van der Waals surface area contributed by atoms with Crippen molar-refractivity contribution in [2.45, 2.75) is 59.3 Å².